The van der Waals surface area contributed by atoms with E-state index in [9.17, 15) is 4.79 Å². The third kappa shape index (κ3) is 4.61. The van der Waals surface area contributed by atoms with Crippen LogP contribution in [0.4, 0.5) is 5.00 Å². The summed E-state index contributed by atoms with van der Waals surface area (Å²) in [5.41, 5.74) is 3.10. The van der Waals surface area contributed by atoms with Gasteiger partial charge in [0.2, 0.25) is 5.91 Å². The average Bonchev–Trinajstić information content (AvgIpc) is 3.28. The minimum atomic E-state index is -0.431. The van der Waals surface area contributed by atoms with Gasteiger partial charge in [0.05, 0.1) is 10.2 Å². The summed E-state index contributed by atoms with van der Waals surface area (Å²) in [5, 5.41) is 5.19. The Balaban J connectivity index is 0.00000124. The summed E-state index contributed by atoms with van der Waals surface area (Å²) in [7, 11) is 0. The van der Waals surface area contributed by atoms with E-state index in [1.807, 2.05) is 40.7 Å². The van der Waals surface area contributed by atoms with E-state index in [4.69, 9.17) is 4.98 Å². The highest BCUT2D eigenvalue weighted by molar-refractivity contribution is 7.22. The molecule has 162 valence electrons. The van der Waals surface area contributed by atoms with Crippen LogP contribution >= 0.6 is 22.7 Å². The van der Waals surface area contributed by atoms with Gasteiger partial charge in [-0.1, -0.05) is 46.8 Å². The second kappa shape index (κ2) is 9.16. The molecule has 0 radical (unpaired) electrons. The van der Waals surface area contributed by atoms with E-state index in [1.165, 1.54) is 15.1 Å². The number of hydrogen-bond acceptors (Lipinski definition) is 5. The molecule has 6 heteroatoms. The minimum absolute atomic E-state index is 0.0502. The lowest BCUT2D eigenvalue weighted by molar-refractivity contribution is -0.123. The molecule has 1 aliphatic heterocycles. The number of benzene rings is 1. The van der Waals surface area contributed by atoms with Gasteiger partial charge in [0.25, 0.3) is 0 Å². The summed E-state index contributed by atoms with van der Waals surface area (Å²) in [6, 6.07) is 8.77. The number of rotatable bonds is 3. The highest BCUT2D eigenvalue weighted by Crippen LogP contribution is 2.46. The molecule has 3 heterocycles. The molecule has 0 saturated heterocycles. The Morgan fingerprint density at radius 2 is 1.87 bits per heavy atom. The normalized spacial score (nSPS) is 14.4. The summed E-state index contributed by atoms with van der Waals surface area (Å²) in [4.78, 5) is 21.5. The molecule has 3 aromatic rings. The van der Waals surface area contributed by atoms with Crippen LogP contribution in [0.25, 0.3) is 20.8 Å². The number of thiazole rings is 1. The zero-order valence-corrected chi connectivity index (χ0v) is 20.8. The summed E-state index contributed by atoms with van der Waals surface area (Å²) in [6.07, 6.45) is 1.00. The minimum Gasteiger partial charge on any atom is -0.317 e. The lowest BCUT2D eigenvalue weighted by Gasteiger charge is -2.30. The SMILES string of the molecule is CC.CC(C)N1CCc2c(sc(NC(=O)C(C)(C)C)c2-c2nc3ccccc3s2)C1. The second-order valence-corrected chi connectivity index (χ2v) is 10.8. The lowest BCUT2D eigenvalue weighted by atomic mass is 9.95. The molecule has 4 rings (SSSR count). The van der Waals surface area contributed by atoms with E-state index in [1.54, 1.807) is 22.7 Å². The predicted octanol–water partition coefficient (Wildman–Crippen LogP) is 6.80. The Morgan fingerprint density at radius 1 is 1.17 bits per heavy atom. The molecule has 0 unspecified atom stereocenters. The van der Waals surface area contributed by atoms with Crippen molar-refractivity contribution >= 4 is 43.8 Å². The van der Waals surface area contributed by atoms with Gasteiger partial charge in [-0.25, -0.2) is 4.98 Å². The van der Waals surface area contributed by atoms with Crippen molar-refractivity contribution in [3.63, 3.8) is 0 Å². The number of carbonyl (C=O) groups is 1. The summed E-state index contributed by atoms with van der Waals surface area (Å²) >= 11 is 3.44. The highest BCUT2D eigenvalue weighted by Gasteiger charge is 2.30. The van der Waals surface area contributed by atoms with Gasteiger partial charge in [-0.15, -0.1) is 22.7 Å². The summed E-state index contributed by atoms with van der Waals surface area (Å²) < 4.78 is 1.19. The first-order valence-electron chi connectivity index (χ1n) is 10.8. The third-order valence-corrected chi connectivity index (χ3v) is 7.42. The molecule has 1 amide bonds. The number of hydrogen-bond donors (Lipinski definition) is 1. The molecule has 2 aromatic heterocycles. The summed E-state index contributed by atoms with van der Waals surface area (Å²) in [5.74, 6) is 0.0502. The Bertz CT molecular complexity index is 994. The van der Waals surface area contributed by atoms with Gasteiger partial charge >= 0.3 is 0 Å². The van der Waals surface area contributed by atoms with E-state index < -0.39 is 5.41 Å². The largest absolute Gasteiger partial charge is 0.317 e. The zero-order valence-electron chi connectivity index (χ0n) is 19.1. The van der Waals surface area contributed by atoms with Gasteiger partial charge in [0.15, 0.2) is 0 Å². The highest BCUT2D eigenvalue weighted by atomic mass is 32.1. The lowest BCUT2D eigenvalue weighted by Crippen LogP contribution is -2.35. The molecule has 0 aliphatic carbocycles. The van der Waals surface area contributed by atoms with Crippen LogP contribution in [0.3, 0.4) is 0 Å². The molecule has 0 bridgehead atoms. The van der Waals surface area contributed by atoms with Gasteiger partial charge in [-0.05, 0) is 38.0 Å². The maximum Gasteiger partial charge on any atom is 0.230 e. The molecule has 1 aliphatic rings. The Labute approximate surface area is 188 Å². The van der Waals surface area contributed by atoms with E-state index in [0.717, 1.165) is 40.6 Å². The number of amides is 1. The van der Waals surface area contributed by atoms with Crippen molar-refractivity contribution in [2.45, 2.75) is 67.5 Å². The predicted molar refractivity (Wildman–Crippen MR) is 132 cm³/mol. The van der Waals surface area contributed by atoms with Crippen molar-refractivity contribution in [2.24, 2.45) is 5.41 Å². The molecular weight excluding hydrogens is 410 g/mol. The molecule has 4 nitrogen and oxygen atoms in total. The van der Waals surface area contributed by atoms with Crippen LogP contribution in [-0.2, 0) is 17.8 Å². The standard InChI is InChI=1S/C22H27N3OS2.C2H6/c1-13(2)25-11-10-14-17(12-25)28-20(24-21(26)22(3,4)5)18(14)19-23-15-8-6-7-9-16(15)27-19;1-2/h6-9,13H,10-12H2,1-5H3,(H,24,26);1-2H3. The smallest absolute Gasteiger partial charge is 0.230 e. The quantitative estimate of drug-likeness (QED) is 0.484. The fourth-order valence-electron chi connectivity index (χ4n) is 3.45. The molecule has 30 heavy (non-hydrogen) atoms. The Morgan fingerprint density at radius 3 is 2.50 bits per heavy atom. The van der Waals surface area contributed by atoms with Crippen molar-refractivity contribution < 1.29 is 4.79 Å². The van der Waals surface area contributed by atoms with Gasteiger partial charge in [0.1, 0.15) is 10.0 Å². The van der Waals surface area contributed by atoms with Gasteiger partial charge in [0, 0.05) is 35.0 Å². The van der Waals surface area contributed by atoms with Crippen LogP contribution in [0.2, 0.25) is 0 Å². The van der Waals surface area contributed by atoms with Crippen molar-refractivity contribution in [3.05, 3.63) is 34.7 Å². The summed E-state index contributed by atoms with van der Waals surface area (Å²) in [6.45, 7) is 16.3. The van der Waals surface area contributed by atoms with Gasteiger partial charge < -0.3 is 5.32 Å². The zero-order chi connectivity index (χ0) is 22.1. The number of nitrogens with zero attached hydrogens (tertiary/aromatic N) is 2. The molecule has 0 fully saturated rings. The molecule has 1 aromatic carbocycles. The van der Waals surface area contributed by atoms with Crippen molar-refractivity contribution in [2.75, 3.05) is 11.9 Å². The van der Waals surface area contributed by atoms with Crippen molar-refractivity contribution in [1.82, 2.24) is 9.88 Å². The number of carbonyl (C=O) groups excluding carboxylic acids is 1. The van der Waals surface area contributed by atoms with Crippen LogP contribution in [0.1, 0.15) is 58.9 Å². The van der Waals surface area contributed by atoms with Crippen LogP contribution in [0, 0.1) is 5.41 Å². The van der Waals surface area contributed by atoms with Crippen molar-refractivity contribution in [3.8, 4) is 10.6 Å². The first-order chi connectivity index (χ1) is 14.2. The van der Waals surface area contributed by atoms with Crippen LogP contribution in [-0.4, -0.2) is 28.4 Å². The van der Waals surface area contributed by atoms with E-state index in [0.29, 0.717) is 6.04 Å². The molecule has 0 saturated carbocycles. The monoisotopic (exact) mass is 443 g/mol. The van der Waals surface area contributed by atoms with E-state index >= 15 is 0 Å². The number of nitrogens with one attached hydrogen (secondary N) is 1. The average molecular weight is 444 g/mol. The van der Waals surface area contributed by atoms with Crippen LogP contribution in [0.5, 0.6) is 0 Å². The van der Waals surface area contributed by atoms with Crippen LogP contribution < -0.4 is 5.32 Å². The molecule has 1 N–H and O–H groups in total. The third-order valence-electron chi connectivity index (χ3n) is 5.23. The van der Waals surface area contributed by atoms with E-state index in [-0.39, 0.29) is 5.91 Å². The Kier molecular flexibility index (Phi) is 7.00. The Hall–Kier alpha value is -1.76. The van der Waals surface area contributed by atoms with Gasteiger partial charge in [-0.3, -0.25) is 9.69 Å². The van der Waals surface area contributed by atoms with Crippen LogP contribution in [0.15, 0.2) is 24.3 Å². The maximum atomic E-state index is 12.7. The topological polar surface area (TPSA) is 45.2 Å². The molecular formula is C24H33N3OS2. The number of fused-ring (bicyclic) bond motifs is 2. The maximum absolute atomic E-state index is 12.7. The van der Waals surface area contributed by atoms with E-state index in [2.05, 4.69) is 42.3 Å². The molecule has 0 spiro atoms. The first kappa shape index (κ1) is 22.9. The number of para-hydroxylation sites is 1. The number of thiophene rings is 1. The number of aromatic nitrogens is 1. The fourth-order valence-corrected chi connectivity index (χ4v) is 5.83. The van der Waals surface area contributed by atoms with Gasteiger partial charge in [-0.2, -0.15) is 0 Å². The second-order valence-electron chi connectivity index (χ2n) is 8.71. The van der Waals surface area contributed by atoms with Crippen molar-refractivity contribution in [1.29, 1.82) is 0 Å². The first-order valence-corrected chi connectivity index (χ1v) is 12.4. The number of anilines is 1. The molecule has 0 atom stereocenters. The fraction of sp³-hybridized carbons (Fsp3) is 0.500.